The van der Waals surface area contributed by atoms with Crippen LogP contribution in [0.25, 0.3) is 0 Å². The molecule has 0 aromatic rings. The summed E-state index contributed by atoms with van der Waals surface area (Å²) >= 11 is 0. The minimum Gasteiger partial charge on any atom is -0.371 e. The van der Waals surface area contributed by atoms with Crippen molar-refractivity contribution in [3.05, 3.63) is 12.2 Å². The van der Waals surface area contributed by atoms with E-state index in [0.717, 1.165) is 38.8 Å². The first kappa shape index (κ1) is 22.3. The normalized spacial score (nSPS) is 29.9. The van der Waals surface area contributed by atoms with Gasteiger partial charge >= 0.3 is 0 Å². The molecule has 4 atom stereocenters. The molecule has 0 bridgehead atoms. The minimum atomic E-state index is -0.357. The maximum atomic E-state index is 12.1. The minimum absolute atomic E-state index is 0.0817. The number of amides is 1. The van der Waals surface area contributed by atoms with Gasteiger partial charge in [-0.3, -0.25) is 9.69 Å². The van der Waals surface area contributed by atoms with E-state index >= 15 is 0 Å². The Morgan fingerprint density at radius 1 is 1.37 bits per heavy atom. The van der Waals surface area contributed by atoms with Crippen LogP contribution >= 0.6 is 0 Å². The fourth-order valence-corrected chi connectivity index (χ4v) is 3.71. The van der Waals surface area contributed by atoms with Crippen molar-refractivity contribution in [2.45, 2.75) is 57.1 Å². The predicted molar refractivity (Wildman–Crippen MR) is 106 cm³/mol. The molecule has 1 N–H and O–H groups in total. The monoisotopic (exact) mass is 383 g/mol. The SMILES string of the molecule is C=C1CCN(CC(=O)NCCCO[C@H]2[C@H](OC)O[C@H](C)C[C@@H]2N(C)C)CC1. The van der Waals surface area contributed by atoms with E-state index < -0.39 is 0 Å². The Bertz CT molecular complexity index is 476. The number of hydrogen-bond acceptors (Lipinski definition) is 6. The average molecular weight is 384 g/mol. The number of likely N-dealkylation sites (N-methyl/N-ethyl adjacent to an activating group) is 1. The van der Waals surface area contributed by atoms with Crippen LogP contribution in [-0.2, 0) is 19.0 Å². The number of nitrogens with zero attached hydrogens (tertiary/aromatic N) is 2. The van der Waals surface area contributed by atoms with Crippen LogP contribution in [0.2, 0.25) is 0 Å². The topological polar surface area (TPSA) is 63.3 Å². The summed E-state index contributed by atoms with van der Waals surface area (Å²) in [7, 11) is 5.77. The molecular formula is C20H37N3O4. The van der Waals surface area contributed by atoms with Gasteiger partial charge in [0.05, 0.1) is 12.6 Å². The molecular weight excluding hydrogens is 346 g/mol. The van der Waals surface area contributed by atoms with Crippen molar-refractivity contribution in [3.8, 4) is 0 Å². The number of hydrogen-bond donors (Lipinski definition) is 1. The molecule has 7 nitrogen and oxygen atoms in total. The van der Waals surface area contributed by atoms with Gasteiger partial charge in [0, 0.05) is 39.4 Å². The highest BCUT2D eigenvalue weighted by Gasteiger charge is 2.39. The number of methoxy groups -OCH3 is 1. The molecule has 2 fully saturated rings. The molecule has 0 saturated carbocycles. The molecule has 0 radical (unpaired) electrons. The number of rotatable bonds is 9. The van der Waals surface area contributed by atoms with E-state index in [1.54, 1.807) is 7.11 Å². The van der Waals surface area contributed by atoms with Crippen molar-refractivity contribution in [2.75, 3.05) is 54.0 Å². The Morgan fingerprint density at radius 2 is 2.07 bits per heavy atom. The van der Waals surface area contributed by atoms with Gasteiger partial charge in [0.2, 0.25) is 5.91 Å². The van der Waals surface area contributed by atoms with Crippen LogP contribution in [0, 0.1) is 0 Å². The third-order valence-electron chi connectivity index (χ3n) is 5.37. The summed E-state index contributed by atoms with van der Waals surface area (Å²) in [5.74, 6) is 0.0817. The molecule has 0 aromatic heterocycles. The fraction of sp³-hybridized carbons (Fsp3) is 0.850. The maximum absolute atomic E-state index is 12.1. The molecule has 0 aliphatic carbocycles. The lowest BCUT2D eigenvalue weighted by Gasteiger charge is -2.42. The van der Waals surface area contributed by atoms with Crippen LogP contribution in [0.15, 0.2) is 12.2 Å². The van der Waals surface area contributed by atoms with Crippen molar-refractivity contribution in [1.82, 2.24) is 15.1 Å². The Kier molecular flexibility index (Phi) is 9.18. The summed E-state index contributed by atoms with van der Waals surface area (Å²) in [6.45, 7) is 9.58. The summed E-state index contributed by atoms with van der Waals surface area (Å²) in [6, 6.07) is 0.252. The van der Waals surface area contributed by atoms with Gasteiger partial charge in [0.25, 0.3) is 0 Å². The van der Waals surface area contributed by atoms with Gasteiger partial charge in [-0.2, -0.15) is 0 Å². The zero-order valence-corrected chi connectivity index (χ0v) is 17.4. The highest BCUT2D eigenvalue weighted by atomic mass is 16.7. The summed E-state index contributed by atoms with van der Waals surface area (Å²) in [4.78, 5) is 16.4. The van der Waals surface area contributed by atoms with Crippen LogP contribution in [0.5, 0.6) is 0 Å². The molecule has 0 unspecified atom stereocenters. The Morgan fingerprint density at radius 3 is 2.70 bits per heavy atom. The van der Waals surface area contributed by atoms with Gasteiger partial charge in [-0.25, -0.2) is 0 Å². The zero-order chi connectivity index (χ0) is 19.8. The average Bonchev–Trinajstić information content (AvgIpc) is 2.63. The predicted octanol–water partition coefficient (Wildman–Crippen LogP) is 1.24. The largest absolute Gasteiger partial charge is 0.371 e. The number of nitrogens with one attached hydrogen (secondary N) is 1. The van der Waals surface area contributed by atoms with Crippen molar-refractivity contribution < 1.29 is 19.0 Å². The number of carbonyl (C=O) groups is 1. The van der Waals surface area contributed by atoms with E-state index in [0.29, 0.717) is 19.7 Å². The molecule has 7 heteroatoms. The quantitative estimate of drug-likeness (QED) is 0.477. The van der Waals surface area contributed by atoms with Crippen LogP contribution in [0.4, 0.5) is 0 Å². The molecule has 2 aliphatic heterocycles. The summed E-state index contributed by atoms with van der Waals surface area (Å²) in [5.41, 5.74) is 1.29. The van der Waals surface area contributed by atoms with Crippen LogP contribution in [-0.4, -0.2) is 94.2 Å². The summed E-state index contributed by atoms with van der Waals surface area (Å²) in [6.07, 6.45) is 3.34. The standard InChI is InChI=1S/C20H37N3O4/c1-15-7-10-23(11-8-15)14-18(24)21-9-6-12-26-19-17(22(3)4)13-16(2)27-20(19)25-5/h16-17,19-20H,1,6-14H2,2-5H3,(H,21,24)/t16-,17+,19-,20-/m1/s1. The number of ether oxygens (including phenoxy) is 3. The number of piperidine rings is 1. The first-order valence-electron chi connectivity index (χ1n) is 10.0. The van der Waals surface area contributed by atoms with E-state index in [-0.39, 0.29) is 30.4 Å². The smallest absolute Gasteiger partial charge is 0.234 e. The molecule has 156 valence electrons. The van der Waals surface area contributed by atoms with Crippen LogP contribution < -0.4 is 5.32 Å². The summed E-state index contributed by atoms with van der Waals surface area (Å²) < 4.78 is 17.4. The molecule has 2 rings (SSSR count). The van der Waals surface area contributed by atoms with Crippen molar-refractivity contribution in [1.29, 1.82) is 0 Å². The Balaban J connectivity index is 1.65. The van der Waals surface area contributed by atoms with Gasteiger partial charge in [-0.1, -0.05) is 12.2 Å². The van der Waals surface area contributed by atoms with Gasteiger partial charge in [-0.05, 0) is 46.7 Å². The number of likely N-dealkylation sites (tertiary alicyclic amines) is 1. The van der Waals surface area contributed by atoms with E-state index in [9.17, 15) is 4.79 Å². The highest BCUT2D eigenvalue weighted by molar-refractivity contribution is 5.77. The van der Waals surface area contributed by atoms with E-state index in [4.69, 9.17) is 14.2 Å². The summed E-state index contributed by atoms with van der Waals surface area (Å²) in [5, 5.41) is 2.99. The second-order valence-electron chi connectivity index (χ2n) is 7.88. The van der Waals surface area contributed by atoms with Crippen molar-refractivity contribution in [3.63, 3.8) is 0 Å². The van der Waals surface area contributed by atoms with Gasteiger partial charge < -0.3 is 24.4 Å². The lowest BCUT2D eigenvalue weighted by Crippen LogP contribution is -2.55. The second-order valence-corrected chi connectivity index (χ2v) is 7.88. The molecule has 27 heavy (non-hydrogen) atoms. The fourth-order valence-electron chi connectivity index (χ4n) is 3.71. The van der Waals surface area contributed by atoms with E-state index in [2.05, 4.69) is 42.7 Å². The molecule has 0 aromatic carbocycles. The van der Waals surface area contributed by atoms with Crippen molar-refractivity contribution >= 4 is 5.91 Å². The number of carbonyl (C=O) groups excluding carboxylic acids is 1. The second kappa shape index (κ2) is 11.1. The van der Waals surface area contributed by atoms with Gasteiger partial charge in [-0.15, -0.1) is 0 Å². The van der Waals surface area contributed by atoms with Crippen LogP contribution in [0.3, 0.4) is 0 Å². The molecule has 2 aliphatic rings. The lowest BCUT2D eigenvalue weighted by atomic mass is 9.99. The molecule has 2 heterocycles. The molecule has 0 spiro atoms. The first-order chi connectivity index (χ1) is 12.9. The van der Waals surface area contributed by atoms with E-state index in [1.807, 2.05) is 0 Å². The first-order valence-corrected chi connectivity index (χ1v) is 10.0. The molecule has 2 saturated heterocycles. The lowest BCUT2D eigenvalue weighted by molar-refractivity contribution is -0.254. The molecule has 1 amide bonds. The van der Waals surface area contributed by atoms with Crippen molar-refractivity contribution in [2.24, 2.45) is 0 Å². The van der Waals surface area contributed by atoms with Gasteiger partial charge in [0.15, 0.2) is 6.29 Å². The van der Waals surface area contributed by atoms with Gasteiger partial charge in [0.1, 0.15) is 6.10 Å². The van der Waals surface area contributed by atoms with Crippen LogP contribution in [0.1, 0.15) is 32.6 Å². The van der Waals surface area contributed by atoms with E-state index in [1.165, 1.54) is 5.57 Å². The maximum Gasteiger partial charge on any atom is 0.234 e. The zero-order valence-electron chi connectivity index (χ0n) is 17.4. The Labute approximate surface area is 164 Å². The highest BCUT2D eigenvalue weighted by Crippen LogP contribution is 2.26. The third kappa shape index (κ3) is 7.16. The third-order valence-corrected chi connectivity index (χ3v) is 5.37. The Hall–Kier alpha value is -0.990.